The Morgan fingerprint density at radius 1 is 1.33 bits per heavy atom. The molecule has 0 fully saturated rings. The number of hydrogen-bond donors (Lipinski definition) is 2. The number of hydroxylamine groups is 1. The summed E-state index contributed by atoms with van der Waals surface area (Å²) in [5.74, 6) is 1.91. The molecule has 0 unspecified atom stereocenters. The van der Waals surface area contributed by atoms with Crippen molar-refractivity contribution >= 4 is 16.9 Å². The summed E-state index contributed by atoms with van der Waals surface area (Å²) in [6.45, 7) is 11.3. The third-order valence-corrected chi connectivity index (χ3v) is 4.26. The average Bonchev–Trinajstić information content (AvgIpc) is 2.86. The number of aromatic nitrogens is 3. The number of nitrogens with one attached hydrogen (secondary N) is 1. The Morgan fingerprint density at radius 3 is 2.79 bits per heavy atom. The quantitative estimate of drug-likeness (QED) is 0.796. The van der Waals surface area contributed by atoms with E-state index < -0.39 is 0 Å². The fourth-order valence-electron chi connectivity index (χ4n) is 3.35. The number of anilines is 1. The van der Waals surface area contributed by atoms with Crippen molar-refractivity contribution in [3.63, 3.8) is 0 Å². The van der Waals surface area contributed by atoms with E-state index >= 15 is 0 Å². The van der Waals surface area contributed by atoms with E-state index in [2.05, 4.69) is 35.5 Å². The lowest BCUT2D eigenvalue weighted by molar-refractivity contribution is 0.0436. The number of pyridine rings is 1. The molecular formula is C18H27N5O. The maximum atomic E-state index is 6.21. The van der Waals surface area contributed by atoms with Crippen molar-refractivity contribution < 1.29 is 4.84 Å². The first kappa shape index (κ1) is 16.8. The zero-order valence-corrected chi connectivity index (χ0v) is 14.9. The normalized spacial score (nSPS) is 14.2. The number of aryl methyl sites for hydroxylation is 2. The number of rotatable bonds is 6. The van der Waals surface area contributed by atoms with Crippen molar-refractivity contribution in [1.82, 2.24) is 20.0 Å². The van der Waals surface area contributed by atoms with Gasteiger partial charge in [0.2, 0.25) is 0 Å². The number of allylic oxidation sites excluding steroid dienone is 1. The van der Waals surface area contributed by atoms with Gasteiger partial charge in [0.25, 0.3) is 0 Å². The molecule has 0 saturated heterocycles. The molecule has 6 nitrogen and oxygen atoms in total. The van der Waals surface area contributed by atoms with Gasteiger partial charge in [-0.3, -0.25) is 10.3 Å². The number of imidazole rings is 1. The van der Waals surface area contributed by atoms with Gasteiger partial charge < -0.3 is 10.3 Å². The lowest BCUT2D eigenvalue weighted by Crippen LogP contribution is -2.16. The Balaban J connectivity index is 2.10. The van der Waals surface area contributed by atoms with Gasteiger partial charge in [-0.15, -0.1) is 0 Å². The highest BCUT2D eigenvalue weighted by atomic mass is 16.6. The van der Waals surface area contributed by atoms with E-state index in [1.54, 1.807) is 0 Å². The molecule has 0 amide bonds. The second-order valence-electron chi connectivity index (χ2n) is 7.03. The molecule has 0 atom stereocenters. The predicted molar refractivity (Wildman–Crippen MR) is 96.2 cm³/mol. The van der Waals surface area contributed by atoms with Crippen molar-refractivity contribution in [2.75, 3.05) is 5.73 Å². The second kappa shape index (κ2) is 6.81. The summed E-state index contributed by atoms with van der Waals surface area (Å²) in [6.07, 6.45) is 4.43. The van der Waals surface area contributed by atoms with Crippen LogP contribution in [0.25, 0.3) is 11.0 Å². The number of nitrogens with zero attached hydrogens (tertiary/aromatic N) is 3. The molecule has 0 bridgehead atoms. The summed E-state index contributed by atoms with van der Waals surface area (Å²) in [6, 6.07) is 0. The largest absolute Gasteiger partial charge is 0.382 e. The minimum Gasteiger partial charge on any atom is -0.382 e. The lowest BCUT2D eigenvalue weighted by atomic mass is 9.94. The Labute approximate surface area is 143 Å². The summed E-state index contributed by atoms with van der Waals surface area (Å²) < 4.78 is 2.27. The molecule has 0 radical (unpaired) electrons. The summed E-state index contributed by atoms with van der Waals surface area (Å²) in [7, 11) is 0. The number of fused-ring (bicyclic) bond motifs is 3. The van der Waals surface area contributed by atoms with Crippen LogP contribution in [0.5, 0.6) is 0 Å². The molecule has 6 heteroatoms. The molecule has 0 aromatic carbocycles. The summed E-state index contributed by atoms with van der Waals surface area (Å²) in [5.41, 5.74) is 14.2. The molecule has 3 rings (SSSR count). The van der Waals surface area contributed by atoms with E-state index in [-0.39, 0.29) is 0 Å². The SMILES string of the molecule is C=C(C)NOCc1nc2c(N)nc3c(c2n1CC(C)C)CCCC3. The van der Waals surface area contributed by atoms with E-state index in [1.165, 1.54) is 18.4 Å². The van der Waals surface area contributed by atoms with Crippen LogP contribution >= 0.6 is 0 Å². The lowest BCUT2D eigenvalue weighted by Gasteiger charge is -2.19. The standard InChI is InChI=1S/C18H27N5O/c1-11(2)9-23-15(10-24-22-12(3)4)21-16-17(23)13-7-5-6-8-14(13)20-18(16)19/h11,22H,3,5-10H2,1-2,4H3,(H2,19,20). The van der Waals surface area contributed by atoms with Crippen LogP contribution < -0.4 is 11.2 Å². The molecule has 1 aliphatic rings. The van der Waals surface area contributed by atoms with Crippen LogP contribution in [0.3, 0.4) is 0 Å². The van der Waals surface area contributed by atoms with Gasteiger partial charge in [-0.05, 0) is 44.1 Å². The smallest absolute Gasteiger partial charge is 0.151 e. The highest BCUT2D eigenvalue weighted by Gasteiger charge is 2.23. The van der Waals surface area contributed by atoms with Gasteiger partial charge >= 0.3 is 0 Å². The van der Waals surface area contributed by atoms with E-state index in [1.807, 2.05) is 6.92 Å². The van der Waals surface area contributed by atoms with Crippen LogP contribution in [0.4, 0.5) is 5.82 Å². The first-order valence-corrected chi connectivity index (χ1v) is 8.67. The molecule has 130 valence electrons. The van der Waals surface area contributed by atoms with Gasteiger partial charge in [0.05, 0.1) is 5.52 Å². The zero-order valence-electron chi connectivity index (χ0n) is 14.9. The van der Waals surface area contributed by atoms with Crippen LogP contribution in [0.15, 0.2) is 12.3 Å². The third-order valence-electron chi connectivity index (χ3n) is 4.26. The predicted octanol–water partition coefficient (Wildman–Crippen LogP) is 3.10. The molecule has 0 spiro atoms. The van der Waals surface area contributed by atoms with Gasteiger partial charge in [0, 0.05) is 17.9 Å². The maximum absolute atomic E-state index is 6.21. The van der Waals surface area contributed by atoms with Gasteiger partial charge in [-0.1, -0.05) is 20.4 Å². The molecule has 24 heavy (non-hydrogen) atoms. The minimum atomic E-state index is 0.364. The van der Waals surface area contributed by atoms with Crippen LogP contribution in [0, 0.1) is 5.92 Å². The highest BCUT2D eigenvalue weighted by molar-refractivity contribution is 5.89. The second-order valence-corrected chi connectivity index (χ2v) is 7.03. The summed E-state index contributed by atoms with van der Waals surface area (Å²) >= 11 is 0. The minimum absolute atomic E-state index is 0.364. The van der Waals surface area contributed by atoms with E-state index in [9.17, 15) is 0 Å². The van der Waals surface area contributed by atoms with Crippen LogP contribution in [0.1, 0.15) is 50.7 Å². The Kier molecular flexibility index (Phi) is 4.76. The van der Waals surface area contributed by atoms with Crippen LogP contribution in [0.2, 0.25) is 0 Å². The van der Waals surface area contributed by atoms with Crippen LogP contribution in [-0.2, 0) is 30.8 Å². The van der Waals surface area contributed by atoms with Crippen molar-refractivity contribution in [3.8, 4) is 0 Å². The van der Waals surface area contributed by atoms with Crippen molar-refractivity contribution in [2.45, 2.75) is 59.6 Å². The molecular weight excluding hydrogens is 302 g/mol. The number of hydrogen-bond acceptors (Lipinski definition) is 5. The number of nitrogens with two attached hydrogens (primary N) is 1. The average molecular weight is 329 g/mol. The Morgan fingerprint density at radius 2 is 2.08 bits per heavy atom. The fourth-order valence-corrected chi connectivity index (χ4v) is 3.35. The highest BCUT2D eigenvalue weighted by Crippen LogP contribution is 2.32. The van der Waals surface area contributed by atoms with Crippen molar-refractivity contribution in [3.05, 3.63) is 29.4 Å². The van der Waals surface area contributed by atoms with E-state index in [0.717, 1.165) is 47.6 Å². The molecule has 2 aromatic rings. The molecule has 3 N–H and O–H groups in total. The topological polar surface area (TPSA) is 78.0 Å². The van der Waals surface area contributed by atoms with Crippen molar-refractivity contribution in [1.29, 1.82) is 0 Å². The van der Waals surface area contributed by atoms with Crippen molar-refractivity contribution in [2.24, 2.45) is 5.92 Å². The summed E-state index contributed by atoms with van der Waals surface area (Å²) in [4.78, 5) is 14.9. The zero-order chi connectivity index (χ0) is 17.3. The van der Waals surface area contributed by atoms with Gasteiger partial charge in [-0.25, -0.2) is 9.97 Å². The Bertz CT molecular complexity index is 763. The molecule has 1 aliphatic carbocycles. The van der Waals surface area contributed by atoms with E-state index in [0.29, 0.717) is 18.3 Å². The number of nitrogen functional groups attached to an aromatic ring is 1. The first-order valence-electron chi connectivity index (χ1n) is 8.67. The third kappa shape index (κ3) is 3.24. The molecule has 2 aromatic heterocycles. The van der Waals surface area contributed by atoms with Gasteiger partial charge in [0.15, 0.2) is 5.82 Å². The maximum Gasteiger partial charge on any atom is 0.151 e. The van der Waals surface area contributed by atoms with Gasteiger partial charge in [0.1, 0.15) is 17.9 Å². The summed E-state index contributed by atoms with van der Waals surface area (Å²) in [5, 5.41) is 0. The monoisotopic (exact) mass is 329 g/mol. The molecule has 2 heterocycles. The van der Waals surface area contributed by atoms with Crippen LogP contribution in [-0.4, -0.2) is 14.5 Å². The van der Waals surface area contributed by atoms with E-state index in [4.69, 9.17) is 15.6 Å². The first-order chi connectivity index (χ1) is 11.5. The molecule has 0 saturated carbocycles. The Hall–Kier alpha value is -2.08. The fraction of sp³-hybridized carbons (Fsp3) is 0.556. The molecule has 0 aliphatic heterocycles. The van der Waals surface area contributed by atoms with Gasteiger partial charge in [-0.2, -0.15) is 0 Å².